The van der Waals surface area contributed by atoms with Gasteiger partial charge in [-0.05, 0) is 38.0 Å². The Morgan fingerprint density at radius 1 is 1.48 bits per heavy atom. The van der Waals surface area contributed by atoms with Gasteiger partial charge in [0.05, 0.1) is 18.6 Å². The van der Waals surface area contributed by atoms with E-state index in [2.05, 4.69) is 11.9 Å². The minimum absolute atomic E-state index is 0.00183. The minimum atomic E-state index is -0.0378. The lowest BCUT2D eigenvalue weighted by Crippen LogP contribution is -2.21. The van der Waals surface area contributed by atoms with Gasteiger partial charge in [-0.25, -0.2) is 0 Å². The molecule has 1 aliphatic heterocycles. The monoisotopic (exact) mass is 287 g/mol. The smallest absolute Gasteiger partial charge is 0.170 e. The number of Topliss-reactive ketones (excluding diaryl/α,β-unsaturated/α-hetero) is 1. The molecule has 2 aromatic rings. The Bertz CT molecular complexity index is 647. The van der Waals surface area contributed by atoms with E-state index in [1.807, 2.05) is 31.3 Å². The van der Waals surface area contributed by atoms with Crippen LogP contribution in [0.5, 0.6) is 5.75 Å². The van der Waals surface area contributed by atoms with Crippen LogP contribution in [0.4, 0.5) is 0 Å². The molecule has 2 unspecified atom stereocenters. The number of fused-ring (bicyclic) bond motifs is 1. The van der Waals surface area contributed by atoms with Gasteiger partial charge in [-0.2, -0.15) is 0 Å². The van der Waals surface area contributed by atoms with Crippen LogP contribution in [0.25, 0.3) is 10.9 Å². The number of ether oxygens (including phenoxy) is 2. The van der Waals surface area contributed by atoms with Crippen molar-refractivity contribution in [3.05, 3.63) is 30.0 Å². The lowest BCUT2D eigenvalue weighted by molar-refractivity contribution is 0.0766. The van der Waals surface area contributed by atoms with Gasteiger partial charge in [-0.15, -0.1) is 0 Å². The summed E-state index contributed by atoms with van der Waals surface area (Å²) in [5.74, 6) is 0.942. The van der Waals surface area contributed by atoms with E-state index in [9.17, 15) is 4.79 Å². The Kier molecular flexibility index (Phi) is 3.97. The van der Waals surface area contributed by atoms with Gasteiger partial charge in [0.2, 0.25) is 0 Å². The van der Waals surface area contributed by atoms with E-state index in [0.29, 0.717) is 13.2 Å². The van der Waals surface area contributed by atoms with Crippen molar-refractivity contribution in [3.8, 4) is 5.75 Å². The molecule has 21 heavy (non-hydrogen) atoms. The number of carbonyl (C=O) groups excluding carboxylic acids is 1. The molecular weight excluding hydrogens is 266 g/mol. The van der Waals surface area contributed by atoms with E-state index in [-0.39, 0.29) is 17.8 Å². The third-order valence-electron chi connectivity index (χ3n) is 4.10. The largest absolute Gasteiger partial charge is 0.494 e. The summed E-state index contributed by atoms with van der Waals surface area (Å²) >= 11 is 0. The predicted molar refractivity (Wildman–Crippen MR) is 81.9 cm³/mol. The first kappa shape index (κ1) is 14.1. The van der Waals surface area contributed by atoms with Crippen molar-refractivity contribution in [2.75, 3.05) is 13.2 Å². The first-order chi connectivity index (χ1) is 10.2. The van der Waals surface area contributed by atoms with Crippen molar-refractivity contribution in [2.24, 2.45) is 5.92 Å². The number of H-pyrrole nitrogens is 1. The van der Waals surface area contributed by atoms with Gasteiger partial charge >= 0.3 is 0 Å². The normalized spacial score (nSPS) is 21.8. The molecule has 2 atom stereocenters. The van der Waals surface area contributed by atoms with Crippen LogP contribution < -0.4 is 4.74 Å². The van der Waals surface area contributed by atoms with Gasteiger partial charge < -0.3 is 14.5 Å². The van der Waals surface area contributed by atoms with Crippen molar-refractivity contribution >= 4 is 16.7 Å². The Labute approximate surface area is 124 Å². The number of nitrogens with one attached hydrogen (secondary N) is 1. The number of aromatic amines is 1. The fourth-order valence-electron chi connectivity index (χ4n) is 2.89. The van der Waals surface area contributed by atoms with E-state index in [4.69, 9.17) is 9.47 Å². The zero-order valence-corrected chi connectivity index (χ0v) is 12.5. The highest BCUT2D eigenvalue weighted by Crippen LogP contribution is 2.30. The second-order valence-electron chi connectivity index (χ2n) is 5.59. The van der Waals surface area contributed by atoms with Crippen LogP contribution in [0.3, 0.4) is 0 Å². The Morgan fingerprint density at radius 2 is 2.33 bits per heavy atom. The zero-order chi connectivity index (χ0) is 14.8. The summed E-state index contributed by atoms with van der Waals surface area (Å²) in [5, 5.41) is 0.938. The van der Waals surface area contributed by atoms with Crippen LogP contribution in [0, 0.1) is 5.92 Å². The molecule has 1 aliphatic rings. The first-order valence-corrected chi connectivity index (χ1v) is 7.60. The lowest BCUT2D eigenvalue weighted by Gasteiger charge is -2.12. The number of hydrogen-bond donors (Lipinski definition) is 1. The van der Waals surface area contributed by atoms with Gasteiger partial charge in [0.15, 0.2) is 5.78 Å². The molecule has 0 aliphatic carbocycles. The Balaban J connectivity index is 1.92. The van der Waals surface area contributed by atoms with Crippen molar-refractivity contribution in [1.29, 1.82) is 0 Å². The molecule has 2 heterocycles. The molecular formula is C17H21NO3. The van der Waals surface area contributed by atoms with Gasteiger partial charge in [-0.1, -0.05) is 6.92 Å². The average molecular weight is 287 g/mol. The summed E-state index contributed by atoms with van der Waals surface area (Å²) in [6.07, 6.45) is 3.58. The van der Waals surface area contributed by atoms with E-state index in [0.717, 1.165) is 35.1 Å². The molecule has 112 valence electrons. The number of benzene rings is 1. The van der Waals surface area contributed by atoms with Crippen LogP contribution in [0.15, 0.2) is 24.4 Å². The standard InChI is InChI=1S/C17H21NO3/c1-3-7-21-12-4-5-16-14(9-12)15(10-18-16)17(19)13-6-8-20-11(13)2/h4-5,9-11,13,18H,3,6-8H2,1-2H3. The van der Waals surface area contributed by atoms with Crippen molar-refractivity contribution in [3.63, 3.8) is 0 Å². The number of ketones is 1. The van der Waals surface area contributed by atoms with Gasteiger partial charge in [0.25, 0.3) is 0 Å². The maximum absolute atomic E-state index is 12.7. The summed E-state index contributed by atoms with van der Waals surface area (Å²) in [6, 6.07) is 5.85. The second kappa shape index (κ2) is 5.90. The number of aromatic nitrogens is 1. The molecule has 0 bridgehead atoms. The number of carbonyl (C=O) groups is 1. The molecule has 1 saturated heterocycles. The maximum Gasteiger partial charge on any atom is 0.170 e. The third-order valence-corrected chi connectivity index (χ3v) is 4.10. The number of rotatable bonds is 5. The van der Waals surface area contributed by atoms with Crippen LogP contribution in [-0.4, -0.2) is 30.1 Å². The fraction of sp³-hybridized carbons (Fsp3) is 0.471. The third kappa shape index (κ3) is 2.68. The first-order valence-electron chi connectivity index (χ1n) is 7.60. The highest BCUT2D eigenvalue weighted by Gasteiger charge is 2.32. The molecule has 0 radical (unpaired) electrons. The quantitative estimate of drug-likeness (QED) is 0.855. The predicted octanol–water partition coefficient (Wildman–Crippen LogP) is 3.56. The average Bonchev–Trinajstić information content (AvgIpc) is 3.10. The summed E-state index contributed by atoms with van der Waals surface area (Å²) in [5.41, 5.74) is 1.71. The van der Waals surface area contributed by atoms with E-state index in [1.165, 1.54) is 0 Å². The number of hydrogen-bond acceptors (Lipinski definition) is 3. The van der Waals surface area contributed by atoms with E-state index >= 15 is 0 Å². The summed E-state index contributed by atoms with van der Waals surface area (Å²) in [4.78, 5) is 15.9. The molecule has 0 saturated carbocycles. The summed E-state index contributed by atoms with van der Waals surface area (Å²) < 4.78 is 11.2. The fourth-order valence-corrected chi connectivity index (χ4v) is 2.89. The molecule has 1 fully saturated rings. The van der Waals surface area contributed by atoms with Crippen LogP contribution in [0.1, 0.15) is 37.0 Å². The Morgan fingerprint density at radius 3 is 3.05 bits per heavy atom. The van der Waals surface area contributed by atoms with Crippen LogP contribution in [0.2, 0.25) is 0 Å². The molecule has 1 aromatic heterocycles. The SMILES string of the molecule is CCCOc1ccc2[nH]cc(C(=O)C3CCOC3C)c2c1. The van der Waals surface area contributed by atoms with Crippen LogP contribution >= 0.6 is 0 Å². The molecule has 0 amide bonds. The van der Waals surface area contributed by atoms with Gasteiger partial charge in [0.1, 0.15) is 5.75 Å². The molecule has 3 rings (SSSR count). The molecule has 1 aromatic carbocycles. The van der Waals surface area contributed by atoms with Crippen molar-refractivity contribution < 1.29 is 14.3 Å². The molecule has 4 heteroatoms. The molecule has 0 spiro atoms. The molecule has 4 nitrogen and oxygen atoms in total. The van der Waals surface area contributed by atoms with Crippen molar-refractivity contribution in [1.82, 2.24) is 4.98 Å². The zero-order valence-electron chi connectivity index (χ0n) is 12.5. The summed E-state index contributed by atoms with van der Waals surface area (Å²) in [7, 11) is 0. The minimum Gasteiger partial charge on any atom is -0.494 e. The van der Waals surface area contributed by atoms with E-state index in [1.54, 1.807) is 0 Å². The Hall–Kier alpha value is -1.81. The van der Waals surface area contributed by atoms with Crippen LogP contribution in [-0.2, 0) is 4.74 Å². The highest BCUT2D eigenvalue weighted by atomic mass is 16.5. The molecule has 1 N–H and O–H groups in total. The maximum atomic E-state index is 12.7. The van der Waals surface area contributed by atoms with Gasteiger partial charge in [0, 0.05) is 29.3 Å². The lowest BCUT2D eigenvalue weighted by atomic mass is 9.92. The van der Waals surface area contributed by atoms with E-state index < -0.39 is 0 Å². The summed E-state index contributed by atoms with van der Waals surface area (Å²) in [6.45, 7) is 5.41. The van der Waals surface area contributed by atoms with Crippen molar-refractivity contribution in [2.45, 2.75) is 32.8 Å². The van der Waals surface area contributed by atoms with Gasteiger partial charge in [-0.3, -0.25) is 4.79 Å². The highest BCUT2D eigenvalue weighted by molar-refractivity contribution is 6.09. The topological polar surface area (TPSA) is 51.3 Å². The second-order valence-corrected chi connectivity index (χ2v) is 5.59.